The van der Waals surface area contributed by atoms with Crippen molar-refractivity contribution in [2.45, 2.75) is 11.5 Å². The number of rotatable bonds is 6. The summed E-state index contributed by atoms with van der Waals surface area (Å²) >= 11 is 1.31. The first-order chi connectivity index (χ1) is 12.3. The van der Waals surface area contributed by atoms with Crippen LogP contribution in [0.15, 0.2) is 40.2 Å². The number of nitrogens with one attached hydrogen (secondary N) is 2. The largest absolute Gasteiger partial charge is 0.432 e. The van der Waals surface area contributed by atoms with Crippen LogP contribution in [0.4, 0.5) is 23.2 Å². The Hall–Kier alpha value is -2.60. The third kappa shape index (κ3) is 3.80. The first-order valence-electron chi connectivity index (χ1n) is 6.80. The number of aromatic amines is 1. The fourth-order valence-electron chi connectivity index (χ4n) is 2.02. The monoisotopic (exact) mass is 407 g/mol. The van der Waals surface area contributed by atoms with E-state index >= 15 is 0 Å². The van der Waals surface area contributed by atoms with Gasteiger partial charge in [-0.25, -0.2) is 22.2 Å². The smallest absolute Gasteiger partial charge is 0.387 e. The van der Waals surface area contributed by atoms with Crippen LogP contribution in [0.5, 0.6) is 5.75 Å². The SMILES string of the molecule is O=S(=O)(Nc1cc(F)c(OC(F)F)cc1F)c1c[nH]c(-c2cscn2)c1. The molecule has 0 radical (unpaired) electrons. The number of alkyl halides is 2. The number of anilines is 1. The van der Waals surface area contributed by atoms with Gasteiger partial charge < -0.3 is 9.72 Å². The molecular formula is C14H9F4N3O3S2. The van der Waals surface area contributed by atoms with E-state index in [1.165, 1.54) is 17.4 Å². The number of sulfonamides is 1. The molecule has 26 heavy (non-hydrogen) atoms. The first kappa shape index (κ1) is 18.2. The van der Waals surface area contributed by atoms with E-state index in [0.29, 0.717) is 23.5 Å². The third-order valence-corrected chi connectivity index (χ3v) is 5.09. The number of H-pyrrole nitrogens is 1. The summed E-state index contributed by atoms with van der Waals surface area (Å²) in [4.78, 5) is 6.48. The van der Waals surface area contributed by atoms with Gasteiger partial charge in [0.1, 0.15) is 4.90 Å². The van der Waals surface area contributed by atoms with Gasteiger partial charge in [-0.15, -0.1) is 11.3 Å². The van der Waals surface area contributed by atoms with Gasteiger partial charge in [-0.3, -0.25) is 4.72 Å². The molecular weight excluding hydrogens is 398 g/mol. The van der Waals surface area contributed by atoms with Gasteiger partial charge in [0.2, 0.25) is 0 Å². The average Bonchev–Trinajstić information content (AvgIpc) is 3.22. The van der Waals surface area contributed by atoms with Gasteiger partial charge in [0.05, 0.1) is 22.6 Å². The standard InChI is InChI=1S/C14H9F4N3O3S2/c15-8-3-13(24-14(17)18)9(16)2-10(8)21-26(22,23)7-1-11(19-4-7)12-5-25-6-20-12/h1-6,14,19,21H. The van der Waals surface area contributed by atoms with E-state index < -0.39 is 39.7 Å². The highest BCUT2D eigenvalue weighted by Gasteiger charge is 2.21. The van der Waals surface area contributed by atoms with E-state index in [1.807, 2.05) is 4.72 Å². The summed E-state index contributed by atoms with van der Waals surface area (Å²) in [6.45, 7) is -3.35. The number of nitrogens with zero attached hydrogens (tertiary/aromatic N) is 1. The summed E-state index contributed by atoms with van der Waals surface area (Å²) in [5.41, 5.74) is 1.74. The maximum absolute atomic E-state index is 13.9. The zero-order valence-corrected chi connectivity index (χ0v) is 14.2. The van der Waals surface area contributed by atoms with Crippen LogP contribution in [0.1, 0.15) is 0 Å². The van der Waals surface area contributed by atoms with Crippen LogP contribution in [-0.4, -0.2) is 25.0 Å². The Morgan fingerprint density at radius 1 is 1.19 bits per heavy atom. The Balaban J connectivity index is 1.87. The molecule has 0 aliphatic rings. The third-order valence-electron chi connectivity index (χ3n) is 3.16. The first-order valence-corrected chi connectivity index (χ1v) is 9.22. The van der Waals surface area contributed by atoms with Crippen LogP contribution < -0.4 is 9.46 Å². The Morgan fingerprint density at radius 3 is 2.62 bits per heavy atom. The highest BCUT2D eigenvalue weighted by atomic mass is 32.2. The van der Waals surface area contributed by atoms with Crippen LogP contribution in [-0.2, 0) is 10.0 Å². The molecule has 12 heteroatoms. The highest BCUT2D eigenvalue weighted by molar-refractivity contribution is 7.92. The molecule has 2 aromatic heterocycles. The van der Waals surface area contributed by atoms with Gasteiger partial charge in [-0.05, 0) is 6.07 Å². The Labute approximate surface area is 148 Å². The Kier molecular flexibility index (Phi) is 4.87. The van der Waals surface area contributed by atoms with E-state index in [1.54, 1.807) is 10.9 Å². The molecule has 0 saturated carbocycles. The molecule has 0 spiro atoms. The molecule has 2 N–H and O–H groups in total. The molecule has 3 aromatic rings. The fraction of sp³-hybridized carbons (Fsp3) is 0.0714. The zero-order valence-electron chi connectivity index (χ0n) is 12.5. The maximum Gasteiger partial charge on any atom is 0.387 e. The van der Waals surface area contributed by atoms with Crippen molar-refractivity contribution < 1.29 is 30.7 Å². The van der Waals surface area contributed by atoms with Gasteiger partial charge in [-0.1, -0.05) is 0 Å². The molecule has 2 heterocycles. The second-order valence-corrected chi connectivity index (χ2v) is 7.27. The molecule has 0 unspecified atom stereocenters. The normalized spacial score (nSPS) is 11.7. The Morgan fingerprint density at radius 2 is 1.96 bits per heavy atom. The summed E-state index contributed by atoms with van der Waals surface area (Å²) in [6.07, 6.45) is 1.15. The minimum atomic E-state index is -4.26. The van der Waals surface area contributed by atoms with Gasteiger partial charge in [0.15, 0.2) is 17.4 Å². The minimum Gasteiger partial charge on any atom is -0.432 e. The lowest BCUT2D eigenvalue weighted by atomic mass is 10.3. The van der Waals surface area contributed by atoms with Crippen molar-refractivity contribution in [3.05, 3.63) is 46.9 Å². The number of hydrogen-bond acceptors (Lipinski definition) is 5. The van der Waals surface area contributed by atoms with Crippen LogP contribution in [0.25, 0.3) is 11.4 Å². The van der Waals surface area contributed by atoms with E-state index in [4.69, 9.17) is 0 Å². The molecule has 0 aliphatic heterocycles. The van der Waals surface area contributed by atoms with E-state index in [-0.39, 0.29) is 4.90 Å². The van der Waals surface area contributed by atoms with Crippen LogP contribution in [0.2, 0.25) is 0 Å². The summed E-state index contributed by atoms with van der Waals surface area (Å²) in [6, 6.07) is 2.01. The number of halogens is 4. The molecule has 0 atom stereocenters. The molecule has 138 valence electrons. The van der Waals surface area contributed by atoms with Gasteiger partial charge in [0.25, 0.3) is 10.0 Å². The van der Waals surface area contributed by atoms with Crippen molar-refractivity contribution in [2.24, 2.45) is 0 Å². The van der Waals surface area contributed by atoms with Crippen molar-refractivity contribution in [3.8, 4) is 17.1 Å². The summed E-state index contributed by atoms with van der Waals surface area (Å²) in [5, 5.41) is 1.69. The molecule has 0 aliphatic carbocycles. The van der Waals surface area contributed by atoms with E-state index in [0.717, 1.165) is 6.20 Å². The predicted molar refractivity (Wildman–Crippen MR) is 85.7 cm³/mol. The van der Waals surface area contributed by atoms with Crippen molar-refractivity contribution in [1.29, 1.82) is 0 Å². The number of ether oxygens (including phenoxy) is 1. The maximum atomic E-state index is 13.9. The lowest BCUT2D eigenvalue weighted by Crippen LogP contribution is -2.14. The van der Waals surface area contributed by atoms with Crippen LogP contribution in [0, 0.1) is 11.6 Å². The topological polar surface area (TPSA) is 84.1 Å². The molecule has 6 nitrogen and oxygen atoms in total. The summed E-state index contributed by atoms with van der Waals surface area (Å²) in [5.74, 6) is -3.66. The number of thiazole rings is 1. The van der Waals surface area contributed by atoms with E-state index in [2.05, 4.69) is 14.7 Å². The molecule has 0 fully saturated rings. The summed E-state index contributed by atoms with van der Waals surface area (Å²) in [7, 11) is -4.26. The quantitative estimate of drug-likeness (QED) is 0.609. The molecule has 3 rings (SSSR count). The van der Waals surface area contributed by atoms with Gasteiger partial charge >= 0.3 is 6.61 Å². The average molecular weight is 407 g/mol. The van der Waals surface area contributed by atoms with Crippen molar-refractivity contribution >= 4 is 27.0 Å². The van der Waals surface area contributed by atoms with Crippen LogP contribution in [0.3, 0.4) is 0 Å². The van der Waals surface area contributed by atoms with Gasteiger partial charge in [0, 0.05) is 23.7 Å². The lowest BCUT2D eigenvalue weighted by molar-refractivity contribution is -0.0523. The van der Waals surface area contributed by atoms with Crippen molar-refractivity contribution in [1.82, 2.24) is 9.97 Å². The molecule has 0 amide bonds. The van der Waals surface area contributed by atoms with Crippen molar-refractivity contribution in [3.63, 3.8) is 0 Å². The minimum absolute atomic E-state index is 0.242. The van der Waals surface area contributed by atoms with Gasteiger partial charge in [-0.2, -0.15) is 8.78 Å². The second-order valence-electron chi connectivity index (χ2n) is 4.87. The molecule has 0 bridgehead atoms. The van der Waals surface area contributed by atoms with E-state index in [9.17, 15) is 26.0 Å². The number of hydrogen-bond donors (Lipinski definition) is 2. The zero-order chi connectivity index (χ0) is 18.9. The van der Waals surface area contributed by atoms with Crippen LogP contribution >= 0.6 is 11.3 Å². The fourth-order valence-corrected chi connectivity index (χ4v) is 3.62. The summed E-state index contributed by atoms with van der Waals surface area (Å²) < 4.78 is 82.1. The lowest BCUT2D eigenvalue weighted by Gasteiger charge is -2.11. The molecule has 1 aromatic carbocycles. The second kappa shape index (κ2) is 6.96. The highest BCUT2D eigenvalue weighted by Crippen LogP contribution is 2.29. The van der Waals surface area contributed by atoms with Crippen molar-refractivity contribution in [2.75, 3.05) is 4.72 Å². The predicted octanol–water partition coefficient (Wildman–Crippen LogP) is 3.82. The molecule has 0 saturated heterocycles. The number of benzene rings is 1. The Bertz CT molecular complexity index is 1020. The number of aromatic nitrogens is 2.